The molecular formula is C20H23NO6. The maximum atomic E-state index is 12.5. The lowest BCUT2D eigenvalue weighted by atomic mass is 9.95. The number of ether oxygens (including phenoxy) is 2. The first-order chi connectivity index (χ1) is 12.8. The van der Waals surface area contributed by atoms with Gasteiger partial charge in [0.2, 0.25) is 0 Å². The van der Waals surface area contributed by atoms with Gasteiger partial charge in [0.15, 0.2) is 12.0 Å². The normalized spacial score (nSPS) is 18.6. The summed E-state index contributed by atoms with van der Waals surface area (Å²) in [5.74, 6) is 0.174. The lowest BCUT2D eigenvalue weighted by Gasteiger charge is -2.29. The minimum atomic E-state index is -0.773. The van der Waals surface area contributed by atoms with Gasteiger partial charge in [-0.15, -0.1) is 0 Å². The second-order valence-electron chi connectivity index (χ2n) is 6.85. The van der Waals surface area contributed by atoms with E-state index < -0.39 is 18.4 Å². The van der Waals surface area contributed by atoms with Gasteiger partial charge >= 0.3 is 0 Å². The number of ketones is 1. The Labute approximate surface area is 157 Å². The van der Waals surface area contributed by atoms with E-state index in [-0.39, 0.29) is 40.8 Å². The van der Waals surface area contributed by atoms with E-state index in [0.717, 1.165) is 5.56 Å². The number of hydrogen-bond donors (Lipinski definition) is 3. The molecule has 1 aliphatic heterocycles. The van der Waals surface area contributed by atoms with Crippen molar-refractivity contribution in [3.63, 3.8) is 0 Å². The van der Waals surface area contributed by atoms with E-state index in [1.54, 1.807) is 44.1 Å². The molecule has 2 aromatic carbocycles. The number of phenolic OH excluding ortho intramolecular Hbond substituents is 2. The van der Waals surface area contributed by atoms with Crippen molar-refractivity contribution in [3.05, 3.63) is 47.5 Å². The molecule has 0 amide bonds. The number of nitrogens with zero attached hydrogens (tertiary/aromatic N) is 1. The van der Waals surface area contributed by atoms with Gasteiger partial charge in [0.05, 0.1) is 6.42 Å². The van der Waals surface area contributed by atoms with E-state index in [1.165, 1.54) is 18.2 Å². The van der Waals surface area contributed by atoms with E-state index in [2.05, 4.69) is 0 Å². The van der Waals surface area contributed by atoms with Crippen molar-refractivity contribution in [2.45, 2.75) is 31.8 Å². The number of likely N-dealkylation sites (N-methyl/N-ethyl adjacent to an activating group) is 1. The molecule has 0 aliphatic carbocycles. The van der Waals surface area contributed by atoms with Gasteiger partial charge in [-0.3, -0.25) is 9.69 Å². The Bertz CT molecular complexity index is 823. The van der Waals surface area contributed by atoms with Gasteiger partial charge in [-0.05, 0) is 38.7 Å². The van der Waals surface area contributed by atoms with Crippen LogP contribution in [0.3, 0.4) is 0 Å². The highest BCUT2D eigenvalue weighted by atomic mass is 16.5. The first-order valence-electron chi connectivity index (χ1n) is 8.63. The van der Waals surface area contributed by atoms with Crippen molar-refractivity contribution < 1.29 is 29.6 Å². The maximum absolute atomic E-state index is 12.5. The summed E-state index contributed by atoms with van der Waals surface area (Å²) in [7, 11) is 3.52. The SMILES string of the molecule is CC(O)C(Oc1cc(O)c2c(c1)O[C@H](c1ccc(O)cc1)CC2=O)N(C)C. The number of benzene rings is 2. The zero-order valence-corrected chi connectivity index (χ0v) is 15.4. The number of aromatic hydroxyl groups is 2. The Hall–Kier alpha value is -2.77. The number of hydrogen-bond acceptors (Lipinski definition) is 7. The molecule has 144 valence electrons. The van der Waals surface area contributed by atoms with Gasteiger partial charge in [-0.1, -0.05) is 12.1 Å². The van der Waals surface area contributed by atoms with Crippen LogP contribution in [-0.4, -0.2) is 52.4 Å². The molecule has 3 N–H and O–H groups in total. The van der Waals surface area contributed by atoms with Gasteiger partial charge < -0.3 is 24.8 Å². The molecule has 2 aromatic rings. The van der Waals surface area contributed by atoms with E-state index in [9.17, 15) is 20.1 Å². The van der Waals surface area contributed by atoms with Gasteiger partial charge in [-0.25, -0.2) is 0 Å². The molecule has 1 aliphatic rings. The summed E-state index contributed by atoms with van der Waals surface area (Å²) in [6.45, 7) is 1.60. The summed E-state index contributed by atoms with van der Waals surface area (Å²) in [5.41, 5.74) is 0.864. The molecule has 27 heavy (non-hydrogen) atoms. The third kappa shape index (κ3) is 3.99. The summed E-state index contributed by atoms with van der Waals surface area (Å²) in [6, 6.07) is 9.32. The average Bonchev–Trinajstić information content (AvgIpc) is 2.59. The number of fused-ring (bicyclic) bond motifs is 1. The average molecular weight is 373 g/mol. The first-order valence-corrected chi connectivity index (χ1v) is 8.63. The van der Waals surface area contributed by atoms with Crippen LogP contribution in [0.1, 0.15) is 35.4 Å². The standard InChI is InChI=1S/C20H23NO6/c1-11(22)20(21(2)3)26-14-8-15(24)19-16(25)10-17(27-18(19)9-14)12-4-6-13(23)7-5-12/h4-9,11,17,20,22-24H,10H2,1-3H3/t11?,17-,20?/m0/s1. The molecule has 0 fully saturated rings. The second kappa shape index (κ2) is 7.46. The Kier molecular flexibility index (Phi) is 5.25. The van der Waals surface area contributed by atoms with E-state index in [0.29, 0.717) is 0 Å². The second-order valence-corrected chi connectivity index (χ2v) is 6.85. The molecule has 0 radical (unpaired) electrons. The Balaban J connectivity index is 1.92. The van der Waals surface area contributed by atoms with Crippen molar-refractivity contribution in [2.75, 3.05) is 14.1 Å². The van der Waals surface area contributed by atoms with Crippen LogP contribution in [0.25, 0.3) is 0 Å². The quantitative estimate of drug-likeness (QED) is 0.692. The molecule has 2 unspecified atom stereocenters. The summed E-state index contributed by atoms with van der Waals surface area (Å²) in [5, 5.41) is 29.6. The van der Waals surface area contributed by atoms with Crippen molar-refractivity contribution in [2.24, 2.45) is 0 Å². The van der Waals surface area contributed by atoms with Crippen molar-refractivity contribution in [1.82, 2.24) is 4.90 Å². The molecule has 0 aromatic heterocycles. The Morgan fingerprint density at radius 1 is 1.19 bits per heavy atom. The van der Waals surface area contributed by atoms with Crippen molar-refractivity contribution in [3.8, 4) is 23.0 Å². The van der Waals surface area contributed by atoms with E-state index in [4.69, 9.17) is 9.47 Å². The number of carbonyl (C=O) groups is 1. The Morgan fingerprint density at radius 2 is 1.85 bits per heavy atom. The number of aliphatic hydroxyl groups excluding tert-OH is 1. The van der Waals surface area contributed by atoms with Crippen molar-refractivity contribution >= 4 is 5.78 Å². The van der Waals surface area contributed by atoms with Crippen LogP contribution < -0.4 is 9.47 Å². The number of carbonyl (C=O) groups excluding carboxylic acids is 1. The highest BCUT2D eigenvalue weighted by molar-refractivity contribution is 6.02. The summed E-state index contributed by atoms with van der Waals surface area (Å²) in [6.07, 6.45) is -1.85. The topological polar surface area (TPSA) is 99.5 Å². The fraction of sp³-hybridized carbons (Fsp3) is 0.350. The monoisotopic (exact) mass is 373 g/mol. The van der Waals surface area contributed by atoms with Crippen LogP contribution in [0.4, 0.5) is 0 Å². The fourth-order valence-corrected chi connectivity index (χ4v) is 3.13. The molecule has 0 saturated heterocycles. The summed E-state index contributed by atoms with van der Waals surface area (Å²) >= 11 is 0. The predicted molar refractivity (Wildman–Crippen MR) is 98.3 cm³/mol. The molecule has 1 heterocycles. The Morgan fingerprint density at radius 3 is 2.44 bits per heavy atom. The molecule has 7 nitrogen and oxygen atoms in total. The lowest BCUT2D eigenvalue weighted by Crippen LogP contribution is -2.42. The van der Waals surface area contributed by atoms with Crippen LogP contribution in [0.15, 0.2) is 36.4 Å². The number of Topliss-reactive ketones (excluding diaryl/α,β-unsaturated/α-hetero) is 1. The maximum Gasteiger partial charge on any atom is 0.177 e. The van der Waals surface area contributed by atoms with Crippen LogP contribution in [0.2, 0.25) is 0 Å². The van der Waals surface area contributed by atoms with Gasteiger partial charge in [0.25, 0.3) is 0 Å². The first kappa shape index (κ1) is 19.0. The largest absolute Gasteiger partial charge is 0.508 e. The molecule has 7 heteroatoms. The smallest absolute Gasteiger partial charge is 0.177 e. The molecule has 0 saturated carbocycles. The minimum Gasteiger partial charge on any atom is -0.508 e. The third-order valence-corrected chi connectivity index (χ3v) is 4.42. The van der Waals surface area contributed by atoms with Crippen molar-refractivity contribution in [1.29, 1.82) is 0 Å². The number of aliphatic hydroxyl groups is 1. The third-order valence-electron chi connectivity index (χ3n) is 4.42. The van der Waals surface area contributed by atoms with Gasteiger partial charge in [0.1, 0.15) is 40.8 Å². The zero-order chi connectivity index (χ0) is 19.7. The molecule has 3 atom stereocenters. The molecular weight excluding hydrogens is 350 g/mol. The molecule has 0 bridgehead atoms. The van der Waals surface area contributed by atoms with E-state index in [1.807, 2.05) is 0 Å². The van der Waals surface area contributed by atoms with Crippen LogP contribution >= 0.6 is 0 Å². The number of rotatable bonds is 5. The lowest BCUT2D eigenvalue weighted by molar-refractivity contribution is -0.0351. The van der Waals surface area contributed by atoms with Crippen LogP contribution in [0.5, 0.6) is 23.0 Å². The van der Waals surface area contributed by atoms with Crippen LogP contribution in [0, 0.1) is 0 Å². The zero-order valence-electron chi connectivity index (χ0n) is 15.4. The highest BCUT2D eigenvalue weighted by Gasteiger charge is 2.31. The highest BCUT2D eigenvalue weighted by Crippen LogP contribution is 2.42. The van der Waals surface area contributed by atoms with Gasteiger partial charge in [-0.2, -0.15) is 0 Å². The fourth-order valence-electron chi connectivity index (χ4n) is 3.13. The number of phenols is 2. The summed E-state index contributed by atoms with van der Waals surface area (Å²) in [4.78, 5) is 14.2. The summed E-state index contributed by atoms with van der Waals surface area (Å²) < 4.78 is 11.7. The predicted octanol–water partition coefficient (Wildman–Crippen LogP) is 2.45. The van der Waals surface area contributed by atoms with E-state index >= 15 is 0 Å². The van der Waals surface area contributed by atoms with Crippen LogP contribution in [-0.2, 0) is 0 Å². The minimum absolute atomic E-state index is 0.0829. The molecule has 3 rings (SSSR count). The van der Waals surface area contributed by atoms with Gasteiger partial charge in [0, 0.05) is 12.1 Å². The molecule has 0 spiro atoms.